The molecular weight excluding hydrogens is 273 g/mol. The molecule has 1 aromatic carbocycles. The summed E-state index contributed by atoms with van der Waals surface area (Å²) < 4.78 is 14.9. The molecule has 0 saturated carbocycles. The van der Waals surface area contributed by atoms with Crippen molar-refractivity contribution >= 4 is 11.5 Å². The molecule has 0 aliphatic carbocycles. The van der Waals surface area contributed by atoms with Crippen LogP contribution in [-0.2, 0) is 6.61 Å². The lowest BCUT2D eigenvalue weighted by molar-refractivity contribution is 0.281. The van der Waals surface area contributed by atoms with Crippen LogP contribution >= 0.6 is 0 Å². The second-order valence-electron chi connectivity index (χ2n) is 4.76. The summed E-state index contributed by atoms with van der Waals surface area (Å²) in [6.07, 6.45) is 1.61. The van der Waals surface area contributed by atoms with E-state index in [-0.39, 0.29) is 18.2 Å². The number of aryl methyl sites for hydroxylation is 1. The number of nitrogens with zero attached hydrogens (tertiary/aromatic N) is 3. The number of aliphatic hydroxyl groups is 1. The number of nitroso groups, excluding NO2 is 1. The topological polar surface area (TPSA) is 67.0 Å². The molecule has 0 spiro atoms. The lowest BCUT2D eigenvalue weighted by Crippen LogP contribution is -1.89. The highest BCUT2D eigenvalue weighted by Gasteiger charge is 2.16. The first kappa shape index (κ1) is 13.4. The first-order valence-corrected chi connectivity index (χ1v) is 6.35. The molecule has 3 rings (SSSR count). The molecule has 0 amide bonds. The van der Waals surface area contributed by atoms with Gasteiger partial charge in [0.05, 0.1) is 6.61 Å². The Morgan fingerprint density at radius 3 is 2.81 bits per heavy atom. The van der Waals surface area contributed by atoms with Crippen molar-refractivity contribution in [2.24, 2.45) is 5.18 Å². The summed E-state index contributed by atoms with van der Waals surface area (Å²) in [5.41, 5.74) is 2.67. The minimum Gasteiger partial charge on any atom is -0.392 e. The number of fused-ring (bicyclic) bond motifs is 1. The number of pyridine rings is 1. The molecule has 0 fully saturated rings. The quantitative estimate of drug-likeness (QED) is 0.750. The van der Waals surface area contributed by atoms with Gasteiger partial charge >= 0.3 is 0 Å². The molecule has 6 heteroatoms. The van der Waals surface area contributed by atoms with Gasteiger partial charge in [0, 0.05) is 11.8 Å². The van der Waals surface area contributed by atoms with Crippen LogP contribution in [0, 0.1) is 17.6 Å². The third-order valence-electron chi connectivity index (χ3n) is 3.35. The molecule has 0 atom stereocenters. The third kappa shape index (κ3) is 2.19. The fourth-order valence-corrected chi connectivity index (χ4v) is 2.24. The second-order valence-corrected chi connectivity index (χ2v) is 4.76. The zero-order valence-electron chi connectivity index (χ0n) is 11.2. The van der Waals surface area contributed by atoms with E-state index in [9.17, 15) is 9.30 Å². The van der Waals surface area contributed by atoms with Gasteiger partial charge in [-0.2, -0.15) is 0 Å². The molecular formula is C15H12FN3O2. The maximum atomic E-state index is 13.4. The summed E-state index contributed by atoms with van der Waals surface area (Å²) in [6.45, 7) is 1.50. The van der Waals surface area contributed by atoms with E-state index in [0.717, 1.165) is 0 Å². The van der Waals surface area contributed by atoms with Gasteiger partial charge in [-0.25, -0.2) is 9.37 Å². The maximum Gasteiger partial charge on any atom is 0.209 e. The molecule has 0 aliphatic rings. The van der Waals surface area contributed by atoms with Crippen LogP contribution in [0.15, 0.2) is 41.7 Å². The van der Waals surface area contributed by atoms with Crippen molar-refractivity contribution in [1.29, 1.82) is 0 Å². The van der Waals surface area contributed by atoms with Crippen molar-refractivity contribution in [1.82, 2.24) is 9.38 Å². The molecule has 0 saturated heterocycles. The highest BCUT2D eigenvalue weighted by Crippen LogP contribution is 2.32. The van der Waals surface area contributed by atoms with Crippen molar-refractivity contribution in [2.75, 3.05) is 0 Å². The summed E-state index contributed by atoms with van der Waals surface area (Å²) in [7, 11) is 0. The van der Waals surface area contributed by atoms with Gasteiger partial charge in [0.25, 0.3) is 0 Å². The van der Waals surface area contributed by atoms with Crippen molar-refractivity contribution < 1.29 is 9.50 Å². The van der Waals surface area contributed by atoms with Crippen LogP contribution < -0.4 is 0 Å². The van der Waals surface area contributed by atoms with E-state index in [1.165, 1.54) is 10.5 Å². The van der Waals surface area contributed by atoms with Gasteiger partial charge in [-0.1, -0.05) is 6.07 Å². The fourth-order valence-electron chi connectivity index (χ4n) is 2.24. The number of aliphatic hydroxyl groups excluding tert-OH is 1. The zero-order chi connectivity index (χ0) is 15.0. The van der Waals surface area contributed by atoms with Gasteiger partial charge in [0.15, 0.2) is 0 Å². The van der Waals surface area contributed by atoms with E-state index in [2.05, 4.69) is 10.2 Å². The van der Waals surface area contributed by atoms with Gasteiger partial charge in [0.2, 0.25) is 5.82 Å². The Hall–Kier alpha value is -2.60. The summed E-state index contributed by atoms with van der Waals surface area (Å²) in [5, 5.41) is 12.2. The van der Waals surface area contributed by atoms with E-state index in [1.54, 1.807) is 37.4 Å². The Bertz CT molecular complexity index is 842. The number of benzene rings is 1. The SMILES string of the molecule is Cc1cc(-c2nc3ccc(CO)cn3c2N=O)ccc1F. The fraction of sp³-hybridized carbons (Fsp3) is 0.133. The first-order valence-electron chi connectivity index (χ1n) is 6.35. The first-order chi connectivity index (χ1) is 10.1. The Morgan fingerprint density at radius 1 is 1.33 bits per heavy atom. The molecule has 3 aromatic rings. The molecule has 106 valence electrons. The van der Waals surface area contributed by atoms with E-state index < -0.39 is 0 Å². The van der Waals surface area contributed by atoms with Crippen molar-refractivity contribution in [2.45, 2.75) is 13.5 Å². The molecule has 2 aromatic heterocycles. The molecule has 0 radical (unpaired) electrons. The predicted octanol–water partition coefficient (Wildman–Crippen LogP) is 3.34. The van der Waals surface area contributed by atoms with Gasteiger partial charge in [-0.15, -0.1) is 4.91 Å². The average Bonchev–Trinajstić information content (AvgIpc) is 2.87. The largest absolute Gasteiger partial charge is 0.392 e. The monoisotopic (exact) mass is 285 g/mol. The number of rotatable bonds is 3. The van der Waals surface area contributed by atoms with Crippen LogP contribution in [0.1, 0.15) is 11.1 Å². The Labute approximate surface area is 119 Å². The number of aromatic nitrogens is 2. The van der Waals surface area contributed by atoms with Crippen LogP contribution in [0.3, 0.4) is 0 Å². The highest BCUT2D eigenvalue weighted by atomic mass is 19.1. The highest BCUT2D eigenvalue weighted by molar-refractivity contribution is 5.75. The normalized spacial score (nSPS) is 11.0. The third-order valence-corrected chi connectivity index (χ3v) is 3.35. The minimum atomic E-state index is -0.314. The smallest absolute Gasteiger partial charge is 0.209 e. The van der Waals surface area contributed by atoms with Crippen molar-refractivity contribution in [3.8, 4) is 11.3 Å². The molecule has 0 aliphatic heterocycles. The number of hydrogen-bond donors (Lipinski definition) is 1. The van der Waals surface area contributed by atoms with Gasteiger partial charge < -0.3 is 5.11 Å². The number of halogens is 1. The molecule has 0 unspecified atom stereocenters. The number of hydrogen-bond acceptors (Lipinski definition) is 4. The summed E-state index contributed by atoms with van der Waals surface area (Å²) in [4.78, 5) is 15.5. The van der Waals surface area contributed by atoms with Crippen molar-refractivity contribution in [3.05, 3.63) is 58.4 Å². The Morgan fingerprint density at radius 2 is 2.14 bits per heavy atom. The van der Waals surface area contributed by atoms with Gasteiger partial charge in [-0.3, -0.25) is 4.40 Å². The summed E-state index contributed by atoms with van der Waals surface area (Å²) in [6, 6.07) is 7.93. The minimum absolute atomic E-state index is 0.131. The number of imidazole rings is 1. The van der Waals surface area contributed by atoms with E-state index in [4.69, 9.17) is 5.11 Å². The molecule has 1 N–H and O–H groups in total. The van der Waals surface area contributed by atoms with E-state index >= 15 is 0 Å². The lowest BCUT2D eigenvalue weighted by atomic mass is 10.1. The van der Waals surface area contributed by atoms with Crippen molar-refractivity contribution in [3.63, 3.8) is 0 Å². The van der Waals surface area contributed by atoms with Crippen LogP contribution in [-0.4, -0.2) is 14.5 Å². The standard InChI is InChI=1S/C15H12FN3O2/c1-9-6-11(3-4-12(9)16)14-15(18-21)19-7-10(8-20)2-5-13(19)17-14/h2-7,20H,8H2,1H3. The average molecular weight is 285 g/mol. The van der Waals surface area contributed by atoms with Crippen LogP contribution in [0.5, 0.6) is 0 Å². The van der Waals surface area contributed by atoms with Crippen LogP contribution in [0.4, 0.5) is 10.2 Å². The molecule has 2 heterocycles. The molecule has 0 bridgehead atoms. The Kier molecular flexibility index (Phi) is 3.23. The zero-order valence-corrected chi connectivity index (χ0v) is 11.2. The van der Waals surface area contributed by atoms with Gasteiger partial charge in [-0.05, 0) is 47.5 Å². The summed E-state index contributed by atoms with van der Waals surface area (Å²) >= 11 is 0. The van der Waals surface area contributed by atoms with Gasteiger partial charge in [0.1, 0.15) is 17.2 Å². The summed E-state index contributed by atoms with van der Waals surface area (Å²) in [5.74, 6) is -0.183. The van der Waals surface area contributed by atoms with E-state index in [1.807, 2.05) is 0 Å². The lowest BCUT2D eigenvalue weighted by Gasteiger charge is -2.01. The van der Waals surface area contributed by atoms with Crippen LogP contribution in [0.25, 0.3) is 16.9 Å². The van der Waals surface area contributed by atoms with E-state index in [0.29, 0.717) is 28.0 Å². The predicted molar refractivity (Wildman–Crippen MR) is 76.7 cm³/mol. The Balaban J connectivity index is 2.26. The molecule has 21 heavy (non-hydrogen) atoms. The second kappa shape index (κ2) is 5.06. The van der Waals surface area contributed by atoms with Crippen LogP contribution in [0.2, 0.25) is 0 Å². The maximum absolute atomic E-state index is 13.4. The molecule has 5 nitrogen and oxygen atoms in total.